The molecule has 1 unspecified atom stereocenters. The van der Waals surface area contributed by atoms with E-state index in [9.17, 15) is 9.18 Å². The molecule has 132 valence electrons. The minimum atomic E-state index is -0.320. The monoisotopic (exact) mass is 351 g/mol. The molecular weight excluding hydrogens is 333 g/mol. The van der Waals surface area contributed by atoms with Gasteiger partial charge in [0.2, 0.25) is 5.91 Å². The van der Waals surface area contributed by atoms with Gasteiger partial charge in [0, 0.05) is 30.1 Å². The molecule has 0 radical (unpaired) electrons. The van der Waals surface area contributed by atoms with Gasteiger partial charge < -0.3 is 9.42 Å². The third-order valence-electron chi connectivity index (χ3n) is 4.89. The number of amides is 1. The molecule has 1 amide bonds. The average molecular weight is 351 g/mol. The number of rotatable bonds is 3. The van der Waals surface area contributed by atoms with Crippen molar-refractivity contribution in [3.63, 3.8) is 0 Å². The lowest BCUT2D eigenvalue weighted by Crippen LogP contribution is -2.25. The topological polar surface area (TPSA) is 59.2 Å². The number of carbonyl (C=O) groups is 1. The van der Waals surface area contributed by atoms with E-state index in [-0.39, 0.29) is 17.6 Å². The first-order valence-electron chi connectivity index (χ1n) is 8.49. The zero-order valence-electron chi connectivity index (χ0n) is 14.6. The molecule has 0 saturated carbocycles. The van der Waals surface area contributed by atoms with Crippen LogP contribution in [0.3, 0.4) is 0 Å². The van der Waals surface area contributed by atoms with Gasteiger partial charge in [0.25, 0.3) is 5.89 Å². The van der Waals surface area contributed by atoms with Gasteiger partial charge in [-0.15, -0.1) is 0 Å². The summed E-state index contributed by atoms with van der Waals surface area (Å²) in [6.45, 7) is 4.57. The number of hydrogen-bond donors (Lipinski definition) is 0. The number of aryl methyl sites for hydroxylation is 1. The van der Waals surface area contributed by atoms with Crippen LogP contribution in [0.25, 0.3) is 11.5 Å². The molecule has 1 aromatic heterocycles. The third kappa shape index (κ3) is 2.87. The highest BCUT2D eigenvalue weighted by molar-refractivity contribution is 5.97. The Morgan fingerprint density at radius 3 is 2.69 bits per heavy atom. The zero-order chi connectivity index (χ0) is 18.3. The molecule has 2 aromatic carbocycles. The Bertz CT molecular complexity index is 965. The van der Waals surface area contributed by atoms with Crippen molar-refractivity contribution in [2.75, 3.05) is 11.4 Å². The molecule has 1 aliphatic heterocycles. The van der Waals surface area contributed by atoms with E-state index in [2.05, 4.69) is 10.1 Å². The summed E-state index contributed by atoms with van der Waals surface area (Å²) in [4.78, 5) is 18.7. The smallest absolute Gasteiger partial charge is 0.257 e. The molecule has 5 nitrogen and oxygen atoms in total. The van der Waals surface area contributed by atoms with Crippen molar-refractivity contribution in [3.8, 4) is 11.5 Å². The molecule has 0 aliphatic carbocycles. The highest BCUT2D eigenvalue weighted by Crippen LogP contribution is 2.33. The summed E-state index contributed by atoms with van der Waals surface area (Å²) < 4.78 is 18.4. The van der Waals surface area contributed by atoms with Crippen LogP contribution in [0.1, 0.15) is 29.3 Å². The predicted molar refractivity (Wildman–Crippen MR) is 95.3 cm³/mol. The minimum absolute atomic E-state index is 0.0526. The van der Waals surface area contributed by atoms with Crippen LogP contribution in [0.15, 0.2) is 47.0 Å². The third-order valence-corrected chi connectivity index (χ3v) is 4.89. The fourth-order valence-electron chi connectivity index (χ4n) is 3.25. The van der Waals surface area contributed by atoms with E-state index in [0.717, 1.165) is 16.8 Å². The van der Waals surface area contributed by atoms with Crippen LogP contribution in [0.4, 0.5) is 10.1 Å². The van der Waals surface area contributed by atoms with Crippen LogP contribution in [-0.2, 0) is 4.79 Å². The summed E-state index contributed by atoms with van der Waals surface area (Å²) >= 11 is 0. The number of benzene rings is 2. The molecule has 1 atom stereocenters. The fraction of sp³-hybridized carbons (Fsp3) is 0.250. The molecule has 4 rings (SSSR count). The summed E-state index contributed by atoms with van der Waals surface area (Å²) in [6.07, 6.45) is 0.343. The second-order valence-electron chi connectivity index (χ2n) is 6.59. The molecule has 0 spiro atoms. The number of anilines is 1. The van der Waals surface area contributed by atoms with Gasteiger partial charge in [-0.05, 0) is 55.3 Å². The highest BCUT2D eigenvalue weighted by atomic mass is 19.1. The second-order valence-corrected chi connectivity index (χ2v) is 6.59. The SMILES string of the molecule is Cc1cccc(N2CC(c3noc(-c4ccc(F)cc4)n3)CC2=O)c1C. The zero-order valence-corrected chi connectivity index (χ0v) is 14.6. The van der Waals surface area contributed by atoms with Crippen molar-refractivity contribution in [1.82, 2.24) is 10.1 Å². The van der Waals surface area contributed by atoms with Crippen LogP contribution < -0.4 is 4.90 Å². The van der Waals surface area contributed by atoms with Gasteiger partial charge in [0.1, 0.15) is 5.82 Å². The summed E-state index contributed by atoms with van der Waals surface area (Å²) in [5.74, 6) is 0.444. The Labute approximate surface area is 150 Å². The first-order valence-corrected chi connectivity index (χ1v) is 8.49. The van der Waals surface area contributed by atoms with Gasteiger partial charge in [-0.3, -0.25) is 4.79 Å². The van der Waals surface area contributed by atoms with Crippen molar-refractivity contribution < 1.29 is 13.7 Å². The van der Waals surface area contributed by atoms with E-state index < -0.39 is 0 Å². The average Bonchev–Trinajstić information content (AvgIpc) is 3.25. The lowest BCUT2D eigenvalue weighted by atomic mass is 10.1. The molecule has 1 saturated heterocycles. The summed E-state index contributed by atoms with van der Waals surface area (Å²) in [5.41, 5.74) is 3.83. The molecule has 2 heterocycles. The van der Waals surface area contributed by atoms with Gasteiger partial charge in [0.05, 0.1) is 0 Å². The van der Waals surface area contributed by atoms with E-state index in [1.54, 1.807) is 17.0 Å². The van der Waals surface area contributed by atoms with Crippen molar-refractivity contribution in [3.05, 3.63) is 65.2 Å². The number of carbonyl (C=O) groups excluding carboxylic acids is 1. The fourth-order valence-corrected chi connectivity index (χ4v) is 3.25. The summed E-state index contributed by atoms with van der Waals surface area (Å²) in [6, 6.07) is 11.8. The van der Waals surface area contributed by atoms with Gasteiger partial charge >= 0.3 is 0 Å². The van der Waals surface area contributed by atoms with Crippen molar-refractivity contribution >= 4 is 11.6 Å². The van der Waals surface area contributed by atoms with Crippen LogP contribution in [0.5, 0.6) is 0 Å². The number of nitrogens with zero attached hydrogens (tertiary/aromatic N) is 3. The Morgan fingerprint density at radius 2 is 1.92 bits per heavy atom. The second kappa shape index (κ2) is 6.37. The minimum Gasteiger partial charge on any atom is -0.334 e. The van der Waals surface area contributed by atoms with E-state index in [0.29, 0.717) is 30.2 Å². The maximum atomic E-state index is 13.1. The Kier molecular flexibility index (Phi) is 4.03. The molecule has 1 aliphatic rings. The maximum absolute atomic E-state index is 13.1. The molecule has 0 bridgehead atoms. The van der Waals surface area contributed by atoms with Crippen molar-refractivity contribution in [2.45, 2.75) is 26.2 Å². The lowest BCUT2D eigenvalue weighted by molar-refractivity contribution is -0.117. The predicted octanol–water partition coefficient (Wildman–Crippen LogP) is 4.01. The lowest BCUT2D eigenvalue weighted by Gasteiger charge is -2.19. The number of aromatic nitrogens is 2. The van der Waals surface area contributed by atoms with E-state index in [1.165, 1.54) is 12.1 Å². The van der Waals surface area contributed by atoms with Crippen LogP contribution >= 0.6 is 0 Å². The van der Waals surface area contributed by atoms with E-state index in [4.69, 9.17) is 4.52 Å². The van der Waals surface area contributed by atoms with Crippen molar-refractivity contribution in [1.29, 1.82) is 0 Å². The van der Waals surface area contributed by atoms with E-state index in [1.807, 2.05) is 32.0 Å². The summed E-state index contributed by atoms with van der Waals surface area (Å²) in [5, 5.41) is 4.04. The first kappa shape index (κ1) is 16.4. The van der Waals surface area contributed by atoms with E-state index >= 15 is 0 Å². The molecule has 1 fully saturated rings. The normalized spacial score (nSPS) is 17.1. The van der Waals surface area contributed by atoms with Gasteiger partial charge in [-0.25, -0.2) is 4.39 Å². The Hall–Kier alpha value is -3.02. The van der Waals surface area contributed by atoms with Gasteiger partial charge in [-0.1, -0.05) is 17.3 Å². The van der Waals surface area contributed by atoms with Crippen LogP contribution in [-0.4, -0.2) is 22.6 Å². The Morgan fingerprint density at radius 1 is 1.15 bits per heavy atom. The largest absolute Gasteiger partial charge is 0.334 e. The standard InChI is InChI=1S/C20H18FN3O2/c1-12-4-3-5-17(13(12)2)24-11-15(10-18(24)25)19-22-20(26-23-19)14-6-8-16(21)9-7-14/h3-9,15H,10-11H2,1-2H3. The van der Waals surface area contributed by atoms with Crippen LogP contribution in [0.2, 0.25) is 0 Å². The molecule has 6 heteroatoms. The Balaban J connectivity index is 1.58. The van der Waals surface area contributed by atoms with Gasteiger partial charge in [0.15, 0.2) is 5.82 Å². The summed E-state index contributed by atoms with van der Waals surface area (Å²) in [7, 11) is 0. The maximum Gasteiger partial charge on any atom is 0.257 e. The van der Waals surface area contributed by atoms with Crippen molar-refractivity contribution in [2.24, 2.45) is 0 Å². The molecular formula is C20H18FN3O2. The molecule has 26 heavy (non-hydrogen) atoms. The highest BCUT2D eigenvalue weighted by Gasteiger charge is 2.35. The number of halogens is 1. The quantitative estimate of drug-likeness (QED) is 0.715. The molecule has 0 N–H and O–H groups in total. The number of hydrogen-bond acceptors (Lipinski definition) is 4. The first-order chi connectivity index (χ1) is 12.5. The molecule has 3 aromatic rings. The van der Waals surface area contributed by atoms with Gasteiger partial charge in [-0.2, -0.15) is 4.98 Å². The van der Waals surface area contributed by atoms with Crippen LogP contribution in [0, 0.1) is 19.7 Å².